The quantitative estimate of drug-likeness (QED) is 0.359. The molecule has 3 aromatic carbocycles. The van der Waals surface area contributed by atoms with E-state index in [1.807, 2.05) is 92.3 Å². The summed E-state index contributed by atoms with van der Waals surface area (Å²) in [5.41, 5.74) is 4.47. The van der Waals surface area contributed by atoms with E-state index in [1.165, 1.54) is 5.56 Å². The highest BCUT2D eigenvalue weighted by atomic mass is 16.5. The van der Waals surface area contributed by atoms with Gasteiger partial charge >= 0.3 is 0 Å². The number of ether oxygens (including phenoxy) is 2. The van der Waals surface area contributed by atoms with Gasteiger partial charge in [0.2, 0.25) is 0 Å². The van der Waals surface area contributed by atoms with Gasteiger partial charge in [0.1, 0.15) is 5.69 Å². The molecule has 0 aliphatic carbocycles. The van der Waals surface area contributed by atoms with Gasteiger partial charge in [-0.3, -0.25) is 9.48 Å². The average Bonchev–Trinajstić information content (AvgIpc) is 3.07. The molecule has 0 saturated heterocycles. The molecule has 176 valence electrons. The van der Waals surface area contributed by atoms with E-state index in [-0.39, 0.29) is 5.56 Å². The van der Waals surface area contributed by atoms with Crippen molar-refractivity contribution in [3.8, 4) is 17.2 Å². The van der Waals surface area contributed by atoms with E-state index >= 15 is 0 Å². The predicted octanol–water partition coefficient (Wildman–Crippen LogP) is 5.12. The molecule has 4 rings (SSSR count). The van der Waals surface area contributed by atoms with Gasteiger partial charge in [0, 0.05) is 20.0 Å². The normalized spacial score (nSPS) is 10.8. The maximum absolute atomic E-state index is 13.1. The van der Waals surface area contributed by atoms with E-state index in [1.54, 1.807) is 4.68 Å². The Balaban J connectivity index is 1.47. The molecule has 1 N–H and O–H groups in total. The third kappa shape index (κ3) is 5.17. The van der Waals surface area contributed by atoms with Crippen molar-refractivity contribution < 1.29 is 9.47 Å². The maximum atomic E-state index is 13.1. The van der Waals surface area contributed by atoms with Crippen molar-refractivity contribution >= 4 is 5.69 Å². The predicted molar refractivity (Wildman–Crippen MR) is 136 cm³/mol. The van der Waals surface area contributed by atoms with Gasteiger partial charge in [-0.1, -0.05) is 54.6 Å². The zero-order chi connectivity index (χ0) is 23.9. The van der Waals surface area contributed by atoms with Crippen LogP contribution in [0.2, 0.25) is 0 Å². The van der Waals surface area contributed by atoms with Crippen molar-refractivity contribution in [2.24, 2.45) is 7.05 Å². The Morgan fingerprint density at radius 1 is 0.853 bits per heavy atom. The number of aromatic nitrogens is 2. The highest BCUT2D eigenvalue weighted by molar-refractivity contribution is 5.50. The first kappa shape index (κ1) is 23.2. The van der Waals surface area contributed by atoms with Crippen molar-refractivity contribution in [3.05, 3.63) is 106 Å². The molecule has 6 nitrogen and oxygen atoms in total. The second-order valence-electron chi connectivity index (χ2n) is 8.09. The minimum atomic E-state index is -0.0721. The lowest BCUT2D eigenvalue weighted by Gasteiger charge is -2.14. The lowest BCUT2D eigenvalue weighted by molar-refractivity contribution is 0.279. The van der Waals surface area contributed by atoms with Gasteiger partial charge in [0.15, 0.2) is 11.5 Å². The minimum absolute atomic E-state index is 0.0721. The topological polar surface area (TPSA) is 57.4 Å². The van der Waals surface area contributed by atoms with Crippen LogP contribution in [0.4, 0.5) is 5.69 Å². The smallest absolute Gasteiger partial charge is 0.295 e. The van der Waals surface area contributed by atoms with Crippen LogP contribution in [0.25, 0.3) is 5.69 Å². The first-order valence-electron chi connectivity index (χ1n) is 11.6. The standard InChI is InChI=1S/C28H31N3O3/c1-4-33-26-19-23(15-16-25(26)34-18-17-22-11-7-5-8-12-22)20-29-27-21(2)30(3)31(28(27)32)24-13-9-6-10-14-24/h5-16,19,29H,4,17-18,20H2,1-3H3. The lowest BCUT2D eigenvalue weighted by Crippen LogP contribution is -2.21. The molecule has 0 saturated carbocycles. The summed E-state index contributed by atoms with van der Waals surface area (Å²) in [4.78, 5) is 13.1. The van der Waals surface area contributed by atoms with Crippen LogP contribution < -0.4 is 20.3 Å². The zero-order valence-corrected chi connectivity index (χ0v) is 20.0. The summed E-state index contributed by atoms with van der Waals surface area (Å²) >= 11 is 0. The highest BCUT2D eigenvalue weighted by Gasteiger charge is 2.16. The fourth-order valence-electron chi connectivity index (χ4n) is 3.94. The van der Waals surface area contributed by atoms with Gasteiger partial charge in [-0.15, -0.1) is 0 Å². The van der Waals surface area contributed by atoms with Gasteiger partial charge in [-0.2, -0.15) is 0 Å². The Morgan fingerprint density at radius 3 is 2.26 bits per heavy atom. The summed E-state index contributed by atoms with van der Waals surface area (Å²) in [6, 6.07) is 25.8. The number of hydrogen-bond acceptors (Lipinski definition) is 4. The van der Waals surface area contributed by atoms with Crippen LogP contribution in [0.1, 0.15) is 23.7 Å². The molecule has 4 aromatic rings. The lowest BCUT2D eigenvalue weighted by atomic mass is 10.1. The molecule has 0 atom stereocenters. The molecule has 0 radical (unpaired) electrons. The fourth-order valence-corrected chi connectivity index (χ4v) is 3.94. The van der Waals surface area contributed by atoms with E-state index in [4.69, 9.17) is 9.47 Å². The number of rotatable bonds is 10. The molecule has 0 fully saturated rings. The number of nitrogens with zero attached hydrogens (tertiary/aromatic N) is 2. The summed E-state index contributed by atoms with van der Waals surface area (Å²) in [6.45, 7) is 5.52. The SMILES string of the molecule is CCOc1cc(CNc2c(C)n(C)n(-c3ccccc3)c2=O)ccc1OCCc1ccccc1. The Bertz CT molecular complexity index is 1280. The molecule has 34 heavy (non-hydrogen) atoms. The van der Waals surface area contributed by atoms with Crippen LogP contribution >= 0.6 is 0 Å². The third-order valence-corrected chi connectivity index (χ3v) is 5.82. The van der Waals surface area contributed by atoms with Crippen LogP contribution in [0.15, 0.2) is 83.7 Å². The molecular weight excluding hydrogens is 426 g/mol. The van der Waals surface area contributed by atoms with Gasteiger partial charge in [0.05, 0.1) is 24.6 Å². The third-order valence-electron chi connectivity index (χ3n) is 5.82. The molecule has 0 spiro atoms. The first-order valence-corrected chi connectivity index (χ1v) is 11.6. The second kappa shape index (κ2) is 10.8. The van der Waals surface area contributed by atoms with Crippen molar-refractivity contribution in [1.82, 2.24) is 9.36 Å². The van der Waals surface area contributed by atoms with E-state index in [9.17, 15) is 4.79 Å². The summed E-state index contributed by atoms with van der Waals surface area (Å²) in [7, 11) is 1.89. The number of para-hydroxylation sites is 1. The molecule has 0 aliphatic rings. The maximum Gasteiger partial charge on any atom is 0.295 e. The van der Waals surface area contributed by atoms with Gasteiger partial charge < -0.3 is 14.8 Å². The van der Waals surface area contributed by atoms with Crippen LogP contribution in [-0.4, -0.2) is 22.6 Å². The largest absolute Gasteiger partial charge is 0.490 e. The number of benzene rings is 3. The van der Waals surface area contributed by atoms with Crippen LogP contribution in [0.3, 0.4) is 0 Å². The summed E-state index contributed by atoms with van der Waals surface area (Å²) < 4.78 is 15.4. The highest BCUT2D eigenvalue weighted by Crippen LogP contribution is 2.29. The molecule has 0 unspecified atom stereocenters. The Morgan fingerprint density at radius 2 is 1.56 bits per heavy atom. The summed E-state index contributed by atoms with van der Waals surface area (Å²) in [5.74, 6) is 1.44. The van der Waals surface area contributed by atoms with E-state index < -0.39 is 0 Å². The average molecular weight is 458 g/mol. The monoisotopic (exact) mass is 457 g/mol. The van der Waals surface area contributed by atoms with Gasteiger partial charge in [-0.05, 0) is 49.2 Å². The fraction of sp³-hybridized carbons (Fsp3) is 0.250. The molecule has 1 heterocycles. The molecule has 0 aliphatic heterocycles. The Hall–Kier alpha value is -3.93. The Labute approximate surface area is 200 Å². The summed E-state index contributed by atoms with van der Waals surface area (Å²) in [5, 5.41) is 3.33. The summed E-state index contributed by atoms with van der Waals surface area (Å²) in [6.07, 6.45) is 0.830. The molecular formula is C28H31N3O3. The van der Waals surface area contributed by atoms with Gasteiger partial charge in [0.25, 0.3) is 5.56 Å². The number of hydrogen-bond donors (Lipinski definition) is 1. The molecule has 6 heteroatoms. The van der Waals surface area contributed by atoms with Crippen molar-refractivity contribution in [2.45, 2.75) is 26.8 Å². The number of nitrogens with one attached hydrogen (secondary N) is 1. The molecule has 0 bridgehead atoms. The minimum Gasteiger partial charge on any atom is -0.490 e. The Kier molecular flexibility index (Phi) is 7.38. The van der Waals surface area contributed by atoms with Gasteiger partial charge in [-0.25, -0.2) is 4.68 Å². The first-order chi connectivity index (χ1) is 16.6. The van der Waals surface area contributed by atoms with Crippen molar-refractivity contribution in [2.75, 3.05) is 18.5 Å². The second-order valence-corrected chi connectivity index (χ2v) is 8.09. The molecule has 0 amide bonds. The van der Waals surface area contributed by atoms with Crippen LogP contribution in [0.5, 0.6) is 11.5 Å². The zero-order valence-electron chi connectivity index (χ0n) is 20.0. The van der Waals surface area contributed by atoms with E-state index in [0.29, 0.717) is 31.2 Å². The van der Waals surface area contributed by atoms with Crippen molar-refractivity contribution in [1.29, 1.82) is 0 Å². The van der Waals surface area contributed by atoms with Crippen LogP contribution in [-0.2, 0) is 20.0 Å². The van der Waals surface area contributed by atoms with E-state index in [0.717, 1.165) is 29.1 Å². The van der Waals surface area contributed by atoms with Crippen molar-refractivity contribution in [3.63, 3.8) is 0 Å². The van der Waals surface area contributed by atoms with E-state index in [2.05, 4.69) is 17.4 Å². The molecule has 1 aromatic heterocycles. The number of anilines is 1. The van der Waals surface area contributed by atoms with Crippen LogP contribution in [0, 0.1) is 6.92 Å².